The highest BCUT2D eigenvalue weighted by Crippen LogP contribution is 2.62. The summed E-state index contributed by atoms with van der Waals surface area (Å²) in [5.41, 5.74) is 20.8. The van der Waals surface area contributed by atoms with E-state index in [2.05, 4.69) is 217 Å². The van der Waals surface area contributed by atoms with E-state index in [0.29, 0.717) is 0 Å². The lowest BCUT2D eigenvalue weighted by atomic mass is 9.66. The molecular formula is C61H37NO2. The van der Waals surface area contributed by atoms with Crippen molar-refractivity contribution in [3.05, 3.63) is 247 Å². The second kappa shape index (κ2) is 13.3. The molecule has 1 atom stereocenters. The molecule has 12 aromatic rings. The molecule has 3 heteroatoms. The molecule has 1 unspecified atom stereocenters. The third-order valence-corrected chi connectivity index (χ3v) is 13.9. The van der Waals surface area contributed by atoms with Crippen molar-refractivity contribution in [3.8, 4) is 44.5 Å². The molecule has 0 N–H and O–H groups in total. The van der Waals surface area contributed by atoms with Crippen LogP contribution in [0.15, 0.2) is 233 Å². The van der Waals surface area contributed by atoms with Crippen molar-refractivity contribution >= 4 is 60.9 Å². The van der Waals surface area contributed by atoms with Crippen LogP contribution in [0.1, 0.15) is 22.3 Å². The zero-order chi connectivity index (χ0) is 41.9. The van der Waals surface area contributed by atoms with E-state index in [0.717, 1.165) is 60.9 Å². The fourth-order valence-corrected chi connectivity index (χ4v) is 11.2. The average Bonchev–Trinajstić information content (AvgIpc) is 3.99. The van der Waals surface area contributed by atoms with Crippen molar-refractivity contribution in [2.24, 2.45) is 0 Å². The molecule has 64 heavy (non-hydrogen) atoms. The van der Waals surface area contributed by atoms with E-state index in [1.54, 1.807) is 0 Å². The molecule has 10 aromatic carbocycles. The van der Waals surface area contributed by atoms with Gasteiger partial charge in [-0.1, -0.05) is 158 Å². The smallest absolute Gasteiger partial charge is 0.135 e. The summed E-state index contributed by atoms with van der Waals surface area (Å²) < 4.78 is 13.1. The third kappa shape index (κ3) is 4.86. The number of fused-ring (bicyclic) bond motifs is 18. The Balaban J connectivity index is 1.06. The summed E-state index contributed by atoms with van der Waals surface area (Å²) in [5.74, 6) is 0. The van der Waals surface area contributed by atoms with Crippen molar-refractivity contribution in [1.82, 2.24) is 0 Å². The van der Waals surface area contributed by atoms with Gasteiger partial charge in [0.05, 0.1) is 5.41 Å². The Bertz CT molecular complexity index is 3860. The van der Waals surface area contributed by atoms with Gasteiger partial charge in [-0.2, -0.15) is 0 Å². The molecule has 2 aliphatic carbocycles. The van der Waals surface area contributed by atoms with Crippen molar-refractivity contribution in [2.45, 2.75) is 5.41 Å². The Labute approximate surface area is 369 Å². The number of hydrogen-bond donors (Lipinski definition) is 0. The van der Waals surface area contributed by atoms with E-state index in [1.165, 1.54) is 66.8 Å². The Kier molecular flexibility index (Phi) is 7.32. The number of anilines is 3. The highest BCUT2D eigenvalue weighted by atomic mass is 16.3. The van der Waals surface area contributed by atoms with Crippen LogP contribution < -0.4 is 4.90 Å². The fraction of sp³-hybridized carbons (Fsp3) is 0.0164. The molecule has 1 spiro atoms. The molecule has 0 saturated carbocycles. The van der Waals surface area contributed by atoms with Gasteiger partial charge in [0.2, 0.25) is 0 Å². The van der Waals surface area contributed by atoms with Crippen LogP contribution in [-0.4, -0.2) is 0 Å². The van der Waals surface area contributed by atoms with Crippen molar-refractivity contribution in [3.63, 3.8) is 0 Å². The molecule has 0 fully saturated rings. The van der Waals surface area contributed by atoms with E-state index >= 15 is 0 Å². The minimum atomic E-state index is -0.653. The van der Waals surface area contributed by atoms with Crippen LogP contribution in [0.4, 0.5) is 17.1 Å². The van der Waals surface area contributed by atoms with E-state index in [1.807, 2.05) is 12.1 Å². The quantitative estimate of drug-likeness (QED) is 0.177. The molecule has 0 amide bonds. The monoisotopic (exact) mass is 815 g/mol. The van der Waals surface area contributed by atoms with Gasteiger partial charge in [0.25, 0.3) is 0 Å². The third-order valence-electron chi connectivity index (χ3n) is 13.9. The highest BCUT2D eigenvalue weighted by molar-refractivity contribution is 6.10. The molecule has 3 nitrogen and oxygen atoms in total. The summed E-state index contributed by atoms with van der Waals surface area (Å²) >= 11 is 0. The first-order chi connectivity index (χ1) is 31.7. The van der Waals surface area contributed by atoms with Gasteiger partial charge < -0.3 is 13.7 Å². The van der Waals surface area contributed by atoms with Crippen LogP contribution in [0.5, 0.6) is 0 Å². The lowest BCUT2D eigenvalue weighted by molar-refractivity contribution is 0.666. The van der Waals surface area contributed by atoms with E-state index in [4.69, 9.17) is 8.83 Å². The first-order valence-electron chi connectivity index (χ1n) is 22.0. The summed E-state index contributed by atoms with van der Waals surface area (Å²) in [6.45, 7) is 0. The zero-order valence-electron chi connectivity index (χ0n) is 34.6. The lowest BCUT2D eigenvalue weighted by Gasteiger charge is -2.36. The van der Waals surface area contributed by atoms with Gasteiger partial charge in [0.15, 0.2) is 0 Å². The minimum Gasteiger partial charge on any atom is -0.456 e. The number of rotatable bonds is 4. The Morgan fingerprint density at radius 2 is 0.734 bits per heavy atom. The maximum Gasteiger partial charge on any atom is 0.135 e. The first-order valence-corrected chi connectivity index (χ1v) is 22.0. The summed E-state index contributed by atoms with van der Waals surface area (Å²) in [6.07, 6.45) is 0. The van der Waals surface area contributed by atoms with Gasteiger partial charge >= 0.3 is 0 Å². The van der Waals surface area contributed by atoms with Gasteiger partial charge in [0, 0.05) is 38.6 Å². The molecule has 0 saturated heterocycles. The van der Waals surface area contributed by atoms with Gasteiger partial charge in [-0.05, 0) is 133 Å². The molecule has 14 rings (SSSR count). The summed E-state index contributed by atoms with van der Waals surface area (Å²) in [5, 5.41) is 4.46. The molecule has 2 heterocycles. The number of furan rings is 2. The maximum absolute atomic E-state index is 6.70. The molecule has 298 valence electrons. The van der Waals surface area contributed by atoms with Crippen LogP contribution >= 0.6 is 0 Å². The predicted octanol–water partition coefficient (Wildman–Crippen LogP) is 16.6. The van der Waals surface area contributed by atoms with Crippen LogP contribution in [0.3, 0.4) is 0 Å². The highest BCUT2D eigenvalue weighted by Gasteiger charge is 2.50. The Morgan fingerprint density at radius 3 is 1.45 bits per heavy atom. The lowest BCUT2D eigenvalue weighted by Crippen LogP contribution is -2.29. The Morgan fingerprint density at radius 1 is 0.266 bits per heavy atom. The van der Waals surface area contributed by atoms with E-state index in [-0.39, 0.29) is 0 Å². The van der Waals surface area contributed by atoms with E-state index < -0.39 is 5.41 Å². The molecule has 2 aliphatic rings. The number of para-hydroxylation sites is 2. The van der Waals surface area contributed by atoms with Gasteiger partial charge in [-0.15, -0.1) is 0 Å². The second-order valence-electron chi connectivity index (χ2n) is 17.1. The molecule has 0 bridgehead atoms. The van der Waals surface area contributed by atoms with Crippen molar-refractivity contribution in [1.29, 1.82) is 0 Å². The second-order valence-corrected chi connectivity index (χ2v) is 17.1. The van der Waals surface area contributed by atoms with Crippen molar-refractivity contribution in [2.75, 3.05) is 4.90 Å². The fourth-order valence-electron chi connectivity index (χ4n) is 11.2. The number of nitrogens with zero attached hydrogens (tertiary/aromatic N) is 1. The summed E-state index contributed by atoms with van der Waals surface area (Å²) in [6, 6.07) is 81.9. The van der Waals surface area contributed by atoms with Gasteiger partial charge in [0.1, 0.15) is 22.3 Å². The van der Waals surface area contributed by atoms with Crippen LogP contribution in [0.2, 0.25) is 0 Å². The van der Waals surface area contributed by atoms with Crippen molar-refractivity contribution < 1.29 is 8.83 Å². The van der Waals surface area contributed by atoms with Gasteiger partial charge in [-0.25, -0.2) is 0 Å². The van der Waals surface area contributed by atoms with Crippen LogP contribution in [-0.2, 0) is 5.41 Å². The standard InChI is InChI=1S/C61H37NO2/c1-2-14-38(15-3-1)39-26-28-40(29-27-39)62(42-31-33-59-51(35-42)47-20-8-12-24-57(47)63-59)41-30-32-55-49(34-41)44-17-5-4-16-43(44)45-18-6-10-22-53(45)61(55)54-23-11-7-19-46(54)50-36-52-48-21-9-13-25-58(48)64-60(52)37-56(50)61/h1-37H. The van der Waals surface area contributed by atoms with Gasteiger partial charge in [-0.3, -0.25) is 0 Å². The topological polar surface area (TPSA) is 29.5 Å². The molecular weight excluding hydrogens is 779 g/mol. The predicted molar refractivity (Wildman–Crippen MR) is 263 cm³/mol. The largest absolute Gasteiger partial charge is 0.456 e. The average molecular weight is 816 g/mol. The first kappa shape index (κ1) is 35.2. The van der Waals surface area contributed by atoms with E-state index in [9.17, 15) is 0 Å². The minimum absolute atomic E-state index is 0.653. The summed E-state index contributed by atoms with van der Waals surface area (Å²) in [4.78, 5) is 2.40. The molecule has 0 aliphatic heterocycles. The maximum atomic E-state index is 6.70. The molecule has 0 radical (unpaired) electrons. The SMILES string of the molecule is c1ccc(-c2ccc(N(c3ccc4c(c3)-c3ccccc3-c3ccccc3C43c4ccccc4-c4cc5c(cc43)oc3ccccc35)c3ccc4oc5ccccc5c4c3)cc2)cc1. The number of benzene rings is 10. The van der Waals surface area contributed by atoms with Crippen LogP contribution in [0.25, 0.3) is 88.4 Å². The number of hydrogen-bond acceptors (Lipinski definition) is 3. The Hall–Kier alpha value is -8.40. The summed E-state index contributed by atoms with van der Waals surface area (Å²) in [7, 11) is 0. The normalized spacial score (nSPS) is 14.6. The molecule has 2 aromatic heterocycles. The zero-order valence-corrected chi connectivity index (χ0v) is 34.6. The van der Waals surface area contributed by atoms with Crippen LogP contribution in [0, 0.1) is 0 Å².